The first-order valence-corrected chi connectivity index (χ1v) is 7.51. The normalized spacial score (nSPS) is 18.1. The Labute approximate surface area is 127 Å². The van der Waals surface area contributed by atoms with Gasteiger partial charge in [-0.25, -0.2) is 4.79 Å². The van der Waals surface area contributed by atoms with E-state index in [4.69, 9.17) is 4.74 Å². The van der Waals surface area contributed by atoms with Crippen LogP contribution in [0.15, 0.2) is 41.5 Å². The zero-order chi connectivity index (χ0) is 15.5. The third-order valence-corrected chi connectivity index (χ3v) is 4.29. The van der Waals surface area contributed by atoms with Gasteiger partial charge < -0.3 is 4.74 Å². The van der Waals surface area contributed by atoms with Crippen LogP contribution in [0.5, 0.6) is 0 Å². The van der Waals surface area contributed by atoms with E-state index in [2.05, 4.69) is 32.9 Å². The SMILES string of the molecule is COC(=O)c1cccc(/C=C/C2=C(C)CCCC2(C)C)c1. The highest BCUT2D eigenvalue weighted by atomic mass is 16.5. The van der Waals surface area contributed by atoms with E-state index in [1.165, 1.54) is 37.5 Å². The number of ether oxygens (including phenoxy) is 1. The molecule has 0 aromatic heterocycles. The van der Waals surface area contributed by atoms with Crippen molar-refractivity contribution in [3.05, 3.63) is 52.6 Å². The van der Waals surface area contributed by atoms with Gasteiger partial charge in [0.1, 0.15) is 0 Å². The number of allylic oxidation sites excluding steroid dienone is 3. The lowest BCUT2D eigenvalue weighted by molar-refractivity contribution is 0.0600. The van der Waals surface area contributed by atoms with E-state index in [9.17, 15) is 4.79 Å². The fourth-order valence-electron chi connectivity index (χ4n) is 3.08. The highest BCUT2D eigenvalue weighted by Gasteiger charge is 2.26. The predicted molar refractivity (Wildman–Crippen MR) is 87.1 cm³/mol. The number of rotatable bonds is 3. The first-order chi connectivity index (χ1) is 9.94. The monoisotopic (exact) mass is 284 g/mol. The molecular formula is C19H24O2. The summed E-state index contributed by atoms with van der Waals surface area (Å²) in [6, 6.07) is 7.54. The van der Waals surface area contributed by atoms with Crippen LogP contribution in [-0.4, -0.2) is 13.1 Å². The Morgan fingerprint density at radius 3 is 2.71 bits per heavy atom. The Hall–Kier alpha value is -1.83. The molecule has 0 spiro atoms. The van der Waals surface area contributed by atoms with Crippen molar-refractivity contribution in [1.82, 2.24) is 0 Å². The average Bonchev–Trinajstić information content (AvgIpc) is 2.45. The molecule has 112 valence electrons. The van der Waals surface area contributed by atoms with Crippen LogP contribution in [0.4, 0.5) is 0 Å². The van der Waals surface area contributed by atoms with Gasteiger partial charge in [-0.15, -0.1) is 0 Å². The van der Waals surface area contributed by atoms with E-state index in [1.54, 1.807) is 6.07 Å². The lowest BCUT2D eigenvalue weighted by Crippen LogP contribution is -2.18. The summed E-state index contributed by atoms with van der Waals surface area (Å²) in [5, 5.41) is 0. The highest BCUT2D eigenvalue weighted by molar-refractivity contribution is 5.90. The fourth-order valence-corrected chi connectivity index (χ4v) is 3.08. The molecule has 0 atom stereocenters. The smallest absolute Gasteiger partial charge is 0.337 e. The van der Waals surface area contributed by atoms with Crippen molar-refractivity contribution in [2.24, 2.45) is 5.41 Å². The minimum Gasteiger partial charge on any atom is -0.465 e. The minimum absolute atomic E-state index is 0.235. The number of benzene rings is 1. The fraction of sp³-hybridized carbons (Fsp3) is 0.421. The average molecular weight is 284 g/mol. The third-order valence-electron chi connectivity index (χ3n) is 4.29. The van der Waals surface area contributed by atoms with E-state index >= 15 is 0 Å². The molecular weight excluding hydrogens is 260 g/mol. The molecule has 0 bridgehead atoms. The number of hydrogen-bond donors (Lipinski definition) is 0. The van der Waals surface area contributed by atoms with Gasteiger partial charge in [0.05, 0.1) is 12.7 Å². The maximum Gasteiger partial charge on any atom is 0.337 e. The van der Waals surface area contributed by atoms with Gasteiger partial charge in [-0.2, -0.15) is 0 Å². The van der Waals surface area contributed by atoms with Gasteiger partial charge in [0.25, 0.3) is 0 Å². The van der Waals surface area contributed by atoms with Crippen LogP contribution in [0.3, 0.4) is 0 Å². The Morgan fingerprint density at radius 1 is 1.29 bits per heavy atom. The van der Waals surface area contributed by atoms with Crippen molar-refractivity contribution >= 4 is 12.0 Å². The molecule has 0 fully saturated rings. The molecule has 0 N–H and O–H groups in total. The summed E-state index contributed by atoms with van der Waals surface area (Å²) >= 11 is 0. The first-order valence-electron chi connectivity index (χ1n) is 7.51. The summed E-state index contributed by atoms with van der Waals surface area (Å²) in [4.78, 5) is 11.6. The maximum absolute atomic E-state index is 11.6. The summed E-state index contributed by atoms with van der Waals surface area (Å²) in [5.74, 6) is -0.293. The zero-order valence-corrected chi connectivity index (χ0v) is 13.4. The molecule has 0 radical (unpaired) electrons. The van der Waals surface area contributed by atoms with Gasteiger partial charge in [0, 0.05) is 0 Å². The second-order valence-corrected chi connectivity index (χ2v) is 6.38. The Kier molecular flexibility index (Phi) is 4.66. The highest BCUT2D eigenvalue weighted by Crippen LogP contribution is 2.40. The van der Waals surface area contributed by atoms with Gasteiger partial charge in [0.2, 0.25) is 0 Å². The molecule has 21 heavy (non-hydrogen) atoms. The van der Waals surface area contributed by atoms with Crippen LogP contribution in [0.1, 0.15) is 56.0 Å². The van der Waals surface area contributed by atoms with Crippen LogP contribution >= 0.6 is 0 Å². The Balaban J connectivity index is 2.27. The molecule has 1 aromatic rings. The molecule has 0 amide bonds. The van der Waals surface area contributed by atoms with Gasteiger partial charge in [-0.1, -0.05) is 43.7 Å². The van der Waals surface area contributed by atoms with E-state index in [0.717, 1.165) is 5.56 Å². The molecule has 0 aliphatic heterocycles. The van der Waals surface area contributed by atoms with E-state index < -0.39 is 0 Å². The second kappa shape index (κ2) is 6.30. The predicted octanol–water partition coefficient (Wildman–Crippen LogP) is 5.01. The van der Waals surface area contributed by atoms with Crippen LogP contribution < -0.4 is 0 Å². The van der Waals surface area contributed by atoms with Crippen molar-refractivity contribution in [2.45, 2.75) is 40.0 Å². The molecule has 2 heteroatoms. The number of hydrogen-bond acceptors (Lipinski definition) is 2. The quantitative estimate of drug-likeness (QED) is 0.729. The van der Waals surface area contributed by atoms with E-state index in [-0.39, 0.29) is 11.4 Å². The van der Waals surface area contributed by atoms with Crippen molar-refractivity contribution in [2.75, 3.05) is 7.11 Å². The van der Waals surface area contributed by atoms with Crippen molar-refractivity contribution in [3.8, 4) is 0 Å². The lowest BCUT2D eigenvalue weighted by Gasteiger charge is -2.32. The lowest BCUT2D eigenvalue weighted by atomic mass is 9.72. The summed E-state index contributed by atoms with van der Waals surface area (Å²) in [7, 11) is 1.41. The van der Waals surface area contributed by atoms with Gasteiger partial charge in [0.15, 0.2) is 0 Å². The summed E-state index contributed by atoms with van der Waals surface area (Å²) in [6.07, 6.45) is 7.99. The van der Waals surface area contributed by atoms with E-state index in [1.807, 2.05) is 18.2 Å². The maximum atomic E-state index is 11.6. The van der Waals surface area contributed by atoms with Crippen molar-refractivity contribution in [1.29, 1.82) is 0 Å². The number of esters is 1. The second-order valence-electron chi connectivity index (χ2n) is 6.38. The molecule has 2 rings (SSSR count). The molecule has 0 saturated carbocycles. The molecule has 2 nitrogen and oxygen atoms in total. The van der Waals surface area contributed by atoms with Crippen LogP contribution in [-0.2, 0) is 4.74 Å². The third kappa shape index (κ3) is 3.63. The molecule has 1 aliphatic rings. The topological polar surface area (TPSA) is 26.3 Å². The van der Waals surface area contributed by atoms with Crippen LogP contribution in [0, 0.1) is 5.41 Å². The standard InChI is InChI=1S/C19H24O2/c1-14-7-6-12-19(2,3)17(14)11-10-15-8-5-9-16(13-15)18(20)21-4/h5,8-11,13H,6-7,12H2,1-4H3/b11-10+. The van der Waals surface area contributed by atoms with Gasteiger partial charge >= 0.3 is 5.97 Å². The Morgan fingerprint density at radius 2 is 2.05 bits per heavy atom. The molecule has 1 aromatic carbocycles. The molecule has 0 heterocycles. The first kappa shape index (κ1) is 15.6. The van der Waals surface area contributed by atoms with Crippen molar-refractivity contribution in [3.63, 3.8) is 0 Å². The van der Waals surface area contributed by atoms with Gasteiger partial charge in [-0.05, 0) is 54.9 Å². The molecule has 0 saturated heterocycles. The summed E-state index contributed by atoms with van der Waals surface area (Å²) in [6.45, 7) is 6.84. The van der Waals surface area contributed by atoms with Crippen molar-refractivity contribution < 1.29 is 9.53 Å². The Bertz CT molecular complexity index is 591. The molecule has 0 unspecified atom stereocenters. The van der Waals surface area contributed by atoms with E-state index in [0.29, 0.717) is 5.56 Å². The zero-order valence-electron chi connectivity index (χ0n) is 13.4. The number of carbonyl (C=O) groups excluding carboxylic acids is 1. The largest absolute Gasteiger partial charge is 0.465 e. The summed E-state index contributed by atoms with van der Waals surface area (Å²) < 4.78 is 4.76. The number of carbonyl (C=O) groups is 1. The molecule has 1 aliphatic carbocycles. The van der Waals surface area contributed by atoms with Crippen LogP contribution in [0.2, 0.25) is 0 Å². The van der Waals surface area contributed by atoms with Gasteiger partial charge in [-0.3, -0.25) is 0 Å². The van der Waals surface area contributed by atoms with Crippen LogP contribution in [0.25, 0.3) is 6.08 Å². The summed E-state index contributed by atoms with van der Waals surface area (Å²) in [5.41, 5.74) is 4.76. The minimum atomic E-state index is -0.293. The number of methoxy groups -OCH3 is 1.